The van der Waals surface area contributed by atoms with Gasteiger partial charge in [-0.2, -0.15) is 0 Å². The third-order valence-electron chi connectivity index (χ3n) is 8.55. The van der Waals surface area contributed by atoms with Gasteiger partial charge in [0.2, 0.25) is 0 Å². The van der Waals surface area contributed by atoms with E-state index in [1.807, 2.05) is 97.1 Å². The highest BCUT2D eigenvalue weighted by Gasteiger charge is 2.51. The van der Waals surface area contributed by atoms with E-state index in [-0.39, 0.29) is 39.0 Å². The Hall–Kier alpha value is -4.80. The van der Waals surface area contributed by atoms with Crippen molar-refractivity contribution in [2.24, 2.45) is 0 Å². The lowest BCUT2D eigenvalue weighted by Gasteiger charge is -2.45. The summed E-state index contributed by atoms with van der Waals surface area (Å²) in [5.41, 5.74) is 6.20. The van der Waals surface area contributed by atoms with Crippen molar-refractivity contribution in [3.05, 3.63) is 144 Å². The van der Waals surface area contributed by atoms with E-state index >= 15 is 0 Å². The van der Waals surface area contributed by atoms with Gasteiger partial charge in [-0.05, 0) is 33.4 Å². The summed E-state index contributed by atoms with van der Waals surface area (Å²) in [7, 11) is 0. The van der Waals surface area contributed by atoms with Crippen LogP contribution < -0.4 is 0 Å². The number of carbonyl (C=O) groups is 2. The van der Waals surface area contributed by atoms with Gasteiger partial charge < -0.3 is 33.2 Å². The van der Waals surface area contributed by atoms with Crippen LogP contribution in [0.1, 0.15) is 35.1 Å². The zero-order valence-electron chi connectivity index (χ0n) is 27.4. The van der Waals surface area contributed by atoms with Crippen molar-refractivity contribution in [1.82, 2.24) is 0 Å². The van der Waals surface area contributed by atoms with Crippen LogP contribution in [0.25, 0.3) is 11.1 Å². The maximum atomic E-state index is 13.6. The van der Waals surface area contributed by atoms with E-state index < -0.39 is 42.8 Å². The summed E-state index contributed by atoms with van der Waals surface area (Å²) in [4.78, 5) is 25.5. The fourth-order valence-corrected chi connectivity index (χ4v) is 6.29. The lowest BCUT2D eigenvalue weighted by atomic mass is 9.98. The van der Waals surface area contributed by atoms with Gasteiger partial charge >= 0.3 is 12.1 Å². The van der Waals surface area contributed by atoms with E-state index in [0.717, 1.165) is 33.4 Å². The van der Waals surface area contributed by atoms with Crippen molar-refractivity contribution >= 4 is 12.1 Å². The van der Waals surface area contributed by atoms with Crippen LogP contribution >= 0.6 is 0 Å². The number of carbonyl (C=O) groups excluding carboxylic acids is 2. The fourth-order valence-electron chi connectivity index (χ4n) is 6.29. The number of benzene rings is 4. The second-order valence-electron chi connectivity index (χ2n) is 11.9. The molecule has 254 valence electrons. The lowest BCUT2D eigenvalue weighted by molar-refractivity contribution is -0.316. The normalized spacial score (nSPS) is 21.3. The summed E-state index contributed by atoms with van der Waals surface area (Å²) < 4.78 is 42.5. The second-order valence-corrected chi connectivity index (χ2v) is 11.9. The fraction of sp³-hybridized carbons (Fsp3) is 0.300. The number of ether oxygens (including phenoxy) is 7. The molecule has 5 atom stereocenters. The number of hydrogen-bond donors (Lipinski definition) is 0. The summed E-state index contributed by atoms with van der Waals surface area (Å²) >= 11 is 0. The smallest absolute Gasteiger partial charge is 0.463 e. The quantitative estimate of drug-likeness (QED) is 0.104. The van der Waals surface area contributed by atoms with Gasteiger partial charge in [0.15, 0.2) is 12.4 Å². The zero-order valence-corrected chi connectivity index (χ0v) is 27.4. The van der Waals surface area contributed by atoms with Crippen LogP contribution in [-0.4, -0.2) is 62.7 Å². The van der Waals surface area contributed by atoms with Crippen LogP contribution in [0, 0.1) is 0 Å². The average Bonchev–Trinajstić information content (AvgIpc) is 3.45. The zero-order chi connectivity index (χ0) is 34.0. The highest BCUT2D eigenvalue weighted by atomic mass is 16.8. The number of fused-ring (bicyclic) bond motifs is 3. The summed E-state index contributed by atoms with van der Waals surface area (Å²) in [6.07, 6.45) is -4.13. The van der Waals surface area contributed by atoms with Crippen LogP contribution in [0.3, 0.4) is 0 Å². The van der Waals surface area contributed by atoms with Gasteiger partial charge in [-0.25, -0.2) is 4.79 Å². The van der Waals surface area contributed by atoms with Crippen molar-refractivity contribution in [1.29, 1.82) is 0 Å². The molecule has 4 aromatic carbocycles. The third kappa shape index (κ3) is 8.44. The molecule has 0 aromatic heterocycles. The standard InChI is InChI=1S/C40H40O9/c1-3-22-43-39-38(49-40(42)47-25-34-32-20-12-10-18-30(32)31-19-11-13-21-33(31)34)37(46-24-29-16-8-5-9-17-29)36(35(48-39)26-44-27(2)41)45-23-28-14-6-4-7-15-28/h3-21,34-39H,1,22-26H2,2H3/t35-,36-,37+,38+,39+/m1/s1. The van der Waals surface area contributed by atoms with Gasteiger partial charge in [0.25, 0.3) is 0 Å². The van der Waals surface area contributed by atoms with Gasteiger partial charge in [0, 0.05) is 12.8 Å². The topological polar surface area (TPSA) is 98.8 Å². The van der Waals surface area contributed by atoms with E-state index in [4.69, 9.17) is 33.2 Å². The van der Waals surface area contributed by atoms with Gasteiger partial charge in [-0.15, -0.1) is 6.58 Å². The van der Waals surface area contributed by atoms with E-state index in [1.165, 1.54) is 6.92 Å². The van der Waals surface area contributed by atoms with Crippen molar-refractivity contribution in [2.45, 2.75) is 56.8 Å². The molecule has 0 bridgehead atoms. The first kappa shape index (κ1) is 34.1. The van der Waals surface area contributed by atoms with E-state index in [1.54, 1.807) is 6.08 Å². The highest BCUT2D eigenvalue weighted by molar-refractivity contribution is 5.79. The minimum atomic E-state index is -1.12. The van der Waals surface area contributed by atoms with Crippen molar-refractivity contribution in [3.63, 3.8) is 0 Å². The molecule has 9 nitrogen and oxygen atoms in total. The van der Waals surface area contributed by atoms with Gasteiger partial charge in [0.05, 0.1) is 19.8 Å². The molecule has 1 aliphatic carbocycles. The van der Waals surface area contributed by atoms with E-state index in [0.29, 0.717) is 0 Å². The third-order valence-corrected chi connectivity index (χ3v) is 8.55. The largest absolute Gasteiger partial charge is 0.508 e. The number of rotatable bonds is 14. The molecule has 1 fully saturated rings. The molecule has 4 aromatic rings. The van der Waals surface area contributed by atoms with E-state index in [9.17, 15) is 9.59 Å². The van der Waals surface area contributed by atoms with Crippen LogP contribution in [0.15, 0.2) is 122 Å². The predicted molar refractivity (Wildman–Crippen MR) is 181 cm³/mol. The van der Waals surface area contributed by atoms with Gasteiger partial charge in [0.1, 0.15) is 31.5 Å². The van der Waals surface area contributed by atoms with Crippen molar-refractivity contribution in [3.8, 4) is 11.1 Å². The summed E-state index contributed by atoms with van der Waals surface area (Å²) in [6.45, 7) is 5.48. The molecule has 0 unspecified atom stereocenters. The molecule has 2 aliphatic rings. The molecule has 1 aliphatic heterocycles. The number of hydrogen-bond acceptors (Lipinski definition) is 9. The Balaban J connectivity index is 1.26. The van der Waals surface area contributed by atoms with Gasteiger partial charge in [-0.1, -0.05) is 115 Å². The Morgan fingerprint density at radius 3 is 1.80 bits per heavy atom. The Morgan fingerprint density at radius 2 is 1.22 bits per heavy atom. The molecule has 1 saturated heterocycles. The SMILES string of the molecule is C=CCO[C@H]1O[C@H](COC(C)=O)[C@@H](OCc2ccccc2)[C@H](OCc2ccccc2)[C@@H]1OC(=O)OCC1c2ccccc2-c2ccccc21. The Kier molecular flexibility index (Phi) is 11.5. The lowest BCUT2D eigenvalue weighted by Crippen LogP contribution is -2.62. The van der Waals surface area contributed by atoms with Crippen LogP contribution in [0.5, 0.6) is 0 Å². The first-order chi connectivity index (χ1) is 24.0. The molecule has 6 rings (SSSR count). The van der Waals surface area contributed by atoms with Crippen molar-refractivity contribution < 1.29 is 42.7 Å². The molecular formula is C40H40O9. The van der Waals surface area contributed by atoms with E-state index in [2.05, 4.69) is 18.7 Å². The molecule has 9 heteroatoms. The van der Waals surface area contributed by atoms with Crippen molar-refractivity contribution in [2.75, 3.05) is 19.8 Å². The maximum Gasteiger partial charge on any atom is 0.508 e. The number of esters is 1. The van der Waals surface area contributed by atoms with Crippen LogP contribution in [-0.2, 0) is 51.2 Å². The summed E-state index contributed by atoms with van der Waals surface area (Å²) in [5, 5.41) is 0. The maximum absolute atomic E-state index is 13.6. The molecule has 0 amide bonds. The first-order valence-electron chi connectivity index (χ1n) is 16.4. The van der Waals surface area contributed by atoms with Crippen LogP contribution in [0.4, 0.5) is 4.79 Å². The molecular weight excluding hydrogens is 624 g/mol. The molecule has 0 radical (unpaired) electrons. The predicted octanol–water partition coefficient (Wildman–Crippen LogP) is 6.98. The molecule has 0 spiro atoms. The molecule has 0 saturated carbocycles. The van der Waals surface area contributed by atoms with Crippen LogP contribution in [0.2, 0.25) is 0 Å². The van der Waals surface area contributed by atoms with Gasteiger partial charge in [-0.3, -0.25) is 4.79 Å². The second kappa shape index (κ2) is 16.5. The first-order valence-corrected chi connectivity index (χ1v) is 16.4. The summed E-state index contributed by atoms with van der Waals surface area (Å²) in [6, 6.07) is 35.4. The summed E-state index contributed by atoms with van der Waals surface area (Å²) in [5.74, 6) is -0.636. The minimum absolute atomic E-state index is 0.0666. The monoisotopic (exact) mass is 664 g/mol. The Morgan fingerprint density at radius 1 is 0.673 bits per heavy atom. The Bertz CT molecular complexity index is 1650. The molecule has 0 N–H and O–H groups in total. The molecule has 49 heavy (non-hydrogen) atoms. The minimum Gasteiger partial charge on any atom is -0.463 e. The highest BCUT2D eigenvalue weighted by Crippen LogP contribution is 2.44. The Labute approximate surface area is 286 Å². The average molecular weight is 665 g/mol. The molecule has 1 heterocycles.